The number of ether oxygens (including phenoxy) is 2. The van der Waals surface area contributed by atoms with Gasteiger partial charge in [-0.2, -0.15) is 5.10 Å². The van der Waals surface area contributed by atoms with Crippen LogP contribution in [0.15, 0.2) is 49.1 Å². The molecule has 0 aliphatic carbocycles. The van der Waals surface area contributed by atoms with Crippen LogP contribution in [-0.4, -0.2) is 74.5 Å². The molecule has 4 aromatic rings. The van der Waals surface area contributed by atoms with Crippen molar-refractivity contribution in [3.8, 4) is 11.5 Å². The topological polar surface area (TPSA) is 144 Å². The molecule has 1 saturated heterocycles. The molecule has 0 spiro atoms. The average Bonchev–Trinajstić information content (AvgIpc) is 3.63. The number of methoxy groups -OCH3 is 1. The van der Waals surface area contributed by atoms with E-state index in [1.54, 1.807) is 23.2 Å². The molecule has 1 atom stereocenters. The molecule has 3 heterocycles. The maximum absolute atomic E-state index is 13.9. The number of benzene rings is 2. The normalized spacial score (nSPS) is 14.7. The molecule has 2 amide bonds. The van der Waals surface area contributed by atoms with Gasteiger partial charge in [0.2, 0.25) is 11.8 Å². The molecule has 1 aliphatic rings. The van der Waals surface area contributed by atoms with Gasteiger partial charge >= 0.3 is 0 Å². The summed E-state index contributed by atoms with van der Waals surface area (Å²) in [5.74, 6) is -1.81. The monoisotopic (exact) mass is 567 g/mol. The first-order chi connectivity index (χ1) is 19.9. The van der Waals surface area contributed by atoms with Gasteiger partial charge < -0.3 is 30.1 Å². The van der Waals surface area contributed by atoms with Crippen LogP contribution in [-0.2, 0) is 16.1 Å². The molecule has 1 aliphatic heterocycles. The van der Waals surface area contributed by atoms with E-state index in [0.29, 0.717) is 40.5 Å². The number of aliphatic hydroxyl groups is 1. The van der Waals surface area contributed by atoms with Crippen molar-refractivity contribution in [1.82, 2.24) is 24.6 Å². The van der Waals surface area contributed by atoms with Crippen LogP contribution < -0.4 is 20.1 Å². The number of amides is 2. The predicted molar refractivity (Wildman–Crippen MR) is 144 cm³/mol. The number of anilines is 3. The summed E-state index contributed by atoms with van der Waals surface area (Å²) in [6.45, 7) is -0.0572. The van der Waals surface area contributed by atoms with Crippen LogP contribution in [0.5, 0.6) is 11.5 Å². The number of aliphatic hydroxyl groups excluding tert-OH is 1. The van der Waals surface area contributed by atoms with Gasteiger partial charge in [0.25, 0.3) is 0 Å². The van der Waals surface area contributed by atoms with E-state index in [1.165, 1.54) is 36.4 Å². The van der Waals surface area contributed by atoms with Gasteiger partial charge in [-0.1, -0.05) is 6.07 Å². The zero-order chi connectivity index (χ0) is 28.9. The van der Waals surface area contributed by atoms with Crippen molar-refractivity contribution >= 4 is 39.9 Å². The number of fused-ring (bicyclic) bond motifs is 1. The maximum Gasteiger partial charge on any atom is 0.248 e. The highest BCUT2D eigenvalue weighted by Gasteiger charge is 2.29. The average molecular weight is 568 g/mol. The van der Waals surface area contributed by atoms with Gasteiger partial charge in [0, 0.05) is 24.9 Å². The molecule has 14 heteroatoms. The van der Waals surface area contributed by atoms with Gasteiger partial charge in [-0.05, 0) is 25.0 Å². The molecule has 2 aromatic carbocycles. The van der Waals surface area contributed by atoms with Crippen molar-refractivity contribution in [2.75, 3.05) is 37.5 Å². The number of rotatable bonds is 10. The number of aromatic nitrogens is 4. The third kappa shape index (κ3) is 6.17. The van der Waals surface area contributed by atoms with Gasteiger partial charge in [-0.15, -0.1) is 0 Å². The molecule has 0 saturated carbocycles. The molecular formula is C27H27F2N7O5. The Bertz CT molecular complexity index is 1580. The summed E-state index contributed by atoms with van der Waals surface area (Å²) in [5, 5.41) is 19.5. The van der Waals surface area contributed by atoms with Crippen molar-refractivity contribution in [3.05, 3.63) is 60.7 Å². The molecule has 41 heavy (non-hydrogen) atoms. The van der Waals surface area contributed by atoms with Crippen LogP contribution in [0, 0.1) is 11.6 Å². The molecule has 2 aromatic heterocycles. The first-order valence-corrected chi connectivity index (χ1v) is 12.8. The summed E-state index contributed by atoms with van der Waals surface area (Å²) in [6, 6.07) is 6.75. The quantitative estimate of drug-likeness (QED) is 0.264. The number of halogens is 2. The third-order valence-electron chi connectivity index (χ3n) is 6.60. The minimum Gasteiger partial charge on any atom is -0.497 e. The van der Waals surface area contributed by atoms with Gasteiger partial charge in [0.1, 0.15) is 43.4 Å². The smallest absolute Gasteiger partial charge is 0.248 e. The Morgan fingerprint density at radius 3 is 2.88 bits per heavy atom. The van der Waals surface area contributed by atoms with E-state index in [-0.39, 0.29) is 30.8 Å². The van der Waals surface area contributed by atoms with Crippen molar-refractivity contribution in [2.24, 2.45) is 0 Å². The van der Waals surface area contributed by atoms with E-state index in [9.17, 15) is 23.5 Å². The van der Waals surface area contributed by atoms with Crippen LogP contribution >= 0.6 is 0 Å². The van der Waals surface area contributed by atoms with E-state index >= 15 is 0 Å². The third-order valence-corrected chi connectivity index (χ3v) is 6.60. The summed E-state index contributed by atoms with van der Waals surface area (Å²) in [4.78, 5) is 34.8. The van der Waals surface area contributed by atoms with Crippen LogP contribution in [0.25, 0.3) is 10.9 Å². The fourth-order valence-electron chi connectivity index (χ4n) is 4.66. The van der Waals surface area contributed by atoms with E-state index in [4.69, 9.17) is 9.47 Å². The summed E-state index contributed by atoms with van der Waals surface area (Å²) >= 11 is 0. The van der Waals surface area contributed by atoms with Gasteiger partial charge in [0.15, 0.2) is 11.6 Å². The standard InChI is InChI=1S/C27H27F2N7O5/c1-40-18-8-21-25(22(9-18)41-14-17-4-3-7-36(17)24(39)13-37)27(31-15-30-21)33-16-10-32-35(11-16)12-23(38)34-20-6-2-5-19(28)26(20)29/h2,5-6,8-11,15,17,37H,3-4,7,12-14H2,1H3,(H,34,38)(H,30,31,33)/t17-/m1/s1. The minimum absolute atomic E-state index is 0.192. The number of likely N-dealkylation sites (tertiary alicyclic amines) is 1. The first-order valence-electron chi connectivity index (χ1n) is 12.8. The molecule has 0 radical (unpaired) electrons. The number of carbonyl (C=O) groups is 2. The number of nitrogens with zero attached hydrogens (tertiary/aromatic N) is 5. The molecule has 1 fully saturated rings. The lowest BCUT2D eigenvalue weighted by Crippen LogP contribution is -2.40. The summed E-state index contributed by atoms with van der Waals surface area (Å²) in [5.41, 5.74) is 0.764. The van der Waals surface area contributed by atoms with Crippen LogP contribution in [0.3, 0.4) is 0 Å². The summed E-state index contributed by atoms with van der Waals surface area (Å²) in [6.07, 6.45) is 5.96. The van der Waals surface area contributed by atoms with E-state index in [1.807, 2.05) is 0 Å². The molecule has 0 bridgehead atoms. The Morgan fingerprint density at radius 1 is 1.22 bits per heavy atom. The Kier molecular flexibility index (Phi) is 8.19. The van der Waals surface area contributed by atoms with Gasteiger partial charge in [-0.25, -0.2) is 18.7 Å². The fourth-order valence-corrected chi connectivity index (χ4v) is 4.66. The highest BCUT2D eigenvalue weighted by atomic mass is 19.2. The second kappa shape index (κ2) is 12.1. The number of hydrogen-bond donors (Lipinski definition) is 3. The molecule has 3 N–H and O–H groups in total. The van der Waals surface area contributed by atoms with Crippen LogP contribution in [0.4, 0.5) is 26.0 Å². The predicted octanol–water partition coefficient (Wildman–Crippen LogP) is 2.86. The molecule has 12 nitrogen and oxygen atoms in total. The Balaban J connectivity index is 1.34. The number of hydrogen-bond acceptors (Lipinski definition) is 9. The largest absolute Gasteiger partial charge is 0.497 e. The zero-order valence-corrected chi connectivity index (χ0v) is 22.0. The lowest BCUT2D eigenvalue weighted by molar-refractivity contribution is -0.135. The van der Waals surface area contributed by atoms with Gasteiger partial charge in [0.05, 0.1) is 41.6 Å². The van der Waals surface area contributed by atoms with Crippen molar-refractivity contribution < 1.29 is 33.0 Å². The SMILES string of the molecule is COc1cc(OC[C@H]2CCCN2C(=O)CO)c2c(Nc3cnn(CC(=O)Nc4cccc(F)c4F)c3)ncnc2c1. The van der Waals surface area contributed by atoms with Gasteiger partial charge in [-0.3, -0.25) is 14.3 Å². The number of carbonyl (C=O) groups excluding carboxylic acids is 2. The molecule has 5 rings (SSSR count). The van der Waals surface area contributed by atoms with E-state index in [2.05, 4.69) is 25.7 Å². The Hall–Kier alpha value is -4.85. The van der Waals surface area contributed by atoms with Crippen molar-refractivity contribution in [3.63, 3.8) is 0 Å². The zero-order valence-electron chi connectivity index (χ0n) is 22.0. The Labute approximate surface area is 232 Å². The van der Waals surface area contributed by atoms with Crippen molar-refractivity contribution in [1.29, 1.82) is 0 Å². The highest BCUT2D eigenvalue weighted by Crippen LogP contribution is 2.36. The first kappa shape index (κ1) is 27.7. The van der Waals surface area contributed by atoms with Crippen LogP contribution in [0.1, 0.15) is 12.8 Å². The second-order valence-corrected chi connectivity index (χ2v) is 9.30. The molecule has 0 unspecified atom stereocenters. The molecular weight excluding hydrogens is 540 g/mol. The minimum atomic E-state index is -1.14. The van der Waals surface area contributed by atoms with E-state index in [0.717, 1.165) is 18.9 Å². The number of nitrogens with one attached hydrogen (secondary N) is 2. The second-order valence-electron chi connectivity index (χ2n) is 9.30. The summed E-state index contributed by atoms with van der Waals surface area (Å²) < 4.78 is 40.2. The highest BCUT2D eigenvalue weighted by molar-refractivity contribution is 5.97. The Morgan fingerprint density at radius 2 is 2.07 bits per heavy atom. The van der Waals surface area contributed by atoms with Crippen LogP contribution in [0.2, 0.25) is 0 Å². The maximum atomic E-state index is 13.9. The lowest BCUT2D eigenvalue weighted by Gasteiger charge is -2.24. The summed E-state index contributed by atoms with van der Waals surface area (Å²) in [7, 11) is 1.52. The van der Waals surface area contributed by atoms with E-state index < -0.39 is 24.1 Å². The fraction of sp³-hybridized carbons (Fsp3) is 0.296. The lowest BCUT2D eigenvalue weighted by atomic mass is 10.2. The van der Waals surface area contributed by atoms with Crippen molar-refractivity contribution in [2.45, 2.75) is 25.4 Å². The molecule has 214 valence electrons.